The third-order valence-corrected chi connectivity index (χ3v) is 7.26. The summed E-state index contributed by atoms with van der Waals surface area (Å²) in [4.78, 5) is -0.274. The highest BCUT2D eigenvalue weighted by atomic mass is 32.2. The Balaban J connectivity index is 2.11. The van der Waals surface area contributed by atoms with Gasteiger partial charge in [0.1, 0.15) is 32.8 Å². The Morgan fingerprint density at radius 2 is 1.00 bits per heavy atom. The predicted octanol–water partition coefficient (Wildman–Crippen LogP) is 7.64. The van der Waals surface area contributed by atoms with Crippen LogP contribution in [-0.2, 0) is 15.5 Å². The molecule has 6 heteroatoms. The molecule has 4 aromatic carbocycles. The van der Waals surface area contributed by atoms with Crippen molar-refractivity contribution in [2.75, 3.05) is 0 Å². The van der Waals surface area contributed by atoms with Gasteiger partial charge in [-0.15, -0.1) is 0 Å². The Kier molecular flexibility index (Phi) is 7.90. The second-order valence-corrected chi connectivity index (χ2v) is 13.5. The van der Waals surface area contributed by atoms with Crippen molar-refractivity contribution >= 4 is 10.1 Å². The summed E-state index contributed by atoms with van der Waals surface area (Å²) in [6.45, 7) is 14.1. The van der Waals surface area contributed by atoms with Gasteiger partial charge in [-0.1, -0.05) is 66.2 Å². The second kappa shape index (κ2) is 10.8. The van der Waals surface area contributed by atoms with E-state index < -0.39 is 26.7 Å². The summed E-state index contributed by atoms with van der Waals surface area (Å²) in [5.74, 6) is 1.42. The van der Waals surface area contributed by atoms with Gasteiger partial charge in [-0.2, -0.15) is 0 Å². The highest BCUT2D eigenvalue weighted by Crippen LogP contribution is 2.47. The number of aryl methyl sites for hydroxylation is 1. The lowest BCUT2D eigenvalue weighted by atomic mass is 9.65. The van der Waals surface area contributed by atoms with Crippen LogP contribution in [-0.4, -0.2) is 24.2 Å². The van der Waals surface area contributed by atoms with Crippen LogP contribution in [0.2, 0.25) is 0 Å². The molecule has 0 N–H and O–H groups in total. The quantitative estimate of drug-likeness (QED) is 0.172. The topological polar surface area (TPSA) is 75.7 Å². The Labute approximate surface area is 238 Å². The van der Waals surface area contributed by atoms with E-state index in [1.54, 1.807) is 12.1 Å². The fourth-order valence-corrected chi connectivity index (χ4v) is 5.51. The maximum absolute atomic E-state index is 11.8. The molecule has 4 rings (SSSR count). The first-order valence-corrected chi connectivity index (χ1v) is 14.7. The van der Waals surface area contributed by atoms with E-state index in [0.717, 1.165) is 27.8 Å². The zero-order chi connectivity index (χ0) is 29.3. The van der Waals surface area contributed by atoms with Gasteiger partial charge in [0, 0.05) is 0 Å². The maximum Gasteiger partial charge on any atom is 0.124 e. The Bertz CT molecular complexity index is 1530. The van der Waals surface area contributed by atoms with Gasteiger partial charge >= 0.3 is 0 Å². The Morgan fingerprint density at radius 3 is 1.40 bits per heavy atom. The van der Waals surface area contributed by atoms with Gasteiger partial charge in [0.25, 0.3) is 0 Å². The highest BCUT2D eigenvalue weighted by molar-refractivity contribution is 7.85. The molecule has 0 aliphatic carbocycles. The van der Waals surface area contributed by atoms with Gasteiger partial charge < -0.3 is 14.0 Å². The van der Waals surface area contributed by atoms with Crippen molar-refractivity contribution < 1.29 is 22.4 Å². The average Bonchev–Trinajstić information content (AvgIpc) is 2.83. The van der Waals surface area contributed by atoms with E-state index in [2.05, 4.69) is 12.1 Å². The van der Waals surface area contributed by atoms with Crippen LogP contribution in [0.5, 0.6) is 11.5 Å². The van der Waals surface area contributed by atoms with E-state index in [-0.39, 0.29) is 4.90 Å². The lowest BCUT2D eigenvalue weighted by Crippen LogP contribution is -2.32. The molecule has 0 heterocycles. The second-order valence-electron chi connectivity index (χ2n) is 12.1. The molecule has 0 amide bonds. The molecule has 0 saturated carbocycles. The first kappa shape index (κ1) is 29.4. The molecule has 4 aromatic rings. The molecular weight excluding hydrogens is 520 g/mol. The normalized spacial score (nSPS) is 12.7. The Morgan fingerprint density at radius 1 is 0.575 bits per heavy atom. The standard InChI is InChI=1S/C34H38O5S/c1-24-11-8-12-26(21-24)34(25-17-19-31(20-18-25)40(35,36)37,27-13-9-15-29(22-27)38-32(2,3)4)28-14-10-16-30(23-28)39-33(5,6)7/h8-23H,1-7H3,(H,35,36,37)/p-1. The molecule has 0 aliphatic rings. The average molecular weight is 558 g/mol. The predicted molar refractivity (Wildman–Crippen MR) is 158 cm³/mol. The minimum Gasteiger partial charge on any atom is -0.744 e. The summed E-state index contributed by atoms with van der Waals surface area (Å²) in [5, 5.41) is 0. The van der Waals surface area contributed by atoms with E-state index in [1.807, 2.05) is 109 Å². The van der Waals surface area contributed by atoms with E-state index in [9.17, 15) is 13.0 Å². The van der Waals surface area contributed by atoms with E-state index >= 15 is 0 Å². The summed E-state index contributed by atoms with van der Waals surface area (Å²) in [5.41, 5.74) is 2.98. The van der Waals surface area contributed by atoms with Crippen molar-refractivity contribution in [1.29, 1.82) is 0 Å². The largest absolute Gasteiger partial charge is 0.744 e. The molecule has 0 atom stereocenters. The number of benzene rings is 4. The van der Waals surface area contributed by atoms with Gasteiger partial charge in [-0.25, -0.2) is 8.42 Å². The Hall–Kier alpha value is -3.61. The number of hydrogen-bond donors (Lipinski definition) is 0. The molecule has 0 fully saturated rings. The van der Waals surface area contributed by atoms with Gasteiger partial charge in [0.05, 0.1) is 10.3 Å². The van der Waals surface area contributed by atoms with E-state index in [4.69, 9.17) is 9.47 Å². The zero-order valence-electron chi connectivity index (χ0n) is 24.2. The summed E-state index contributed by atoms with van der Waals surface area (Å²) in [6, 6.07) is 30.4. The molecular formula is C34H37O5S-. The van der Waals surface area contributed by atoms with Crippen molar-refractivity contribution in [2.24, 2.45) is 0 Å². The third-order valence-electron chi connectivity index (χ3n) is 6.41. The van der Waals surface area contributed by atoms with Crippen LogP contribution in [0.1, 0.15) is 69.4 Å². The summed E-state index contributed by atoms with van der Waals surface area (Å²) in [7, 11) is -4.61. The van der Waals surface area contributed by atoms with Crippen molar-refractivity contribution in [3.63, 3.8) is 0 Å². The third kappa shape index (κ3) is 6.57. The summed E-state index contributed by atoms with van der Waals surface area (Å²) in [6.07, 6.45) is 0. The minimum absolute atomic E-state index is 0.274. The molecule has 0 unspecified atom stereocenters. The van der Waals surface area contributed by atoms with Crippen LogP contribution in [0.25, 0.3) is 0 Å². The molecule has 0 radical (unpaired) electrons. The molecule has 5 nitrogen and oxygen atoms in total. The van der Waals surface area contributed by atoms with Crippen LogP contribution in [0.4, 0.5) is 0 Å². The van der Waals surface area contributed by atoms with Crippen LogP contribution >= 0.6 is 0 Å². The fourth-order valence-electron chi connectivity index (χ4n) is 5.04. The molecule has 0 aliphatic heterocycles. The summed E-state index contributed by atoms with van der Waals surface area (Å²) >= 11 is 0. The first-order valence-electron chi connectivity index (χ1n) is 13.3. The number of ether oxygens (including phenoxy) is 2. The smallest absolute Gasteiger partial charge is 0.124 e. The van der Waals surface area contributed by atoms with Crippen molar-refractivity contribution in [1.82, 2.24) is 0 Å². The van der Waals surface area contributed by atoms with Gasteiger partial charge in [0.2, 0.25) is 0 Å². The van der Waals surface area contributed by atoms with Crippen LogP contribution < -0.4 is 9.47 Å². The van der Waals surface area contributed by atoms with Gasteiger partial charge in [-0.3, -0.25) is 0 Å². The van der Waals surface area contributed by atoms with Crippen molar-refractivity contribution in [3.8, 4) is 11.5 Å². The molecule has 0 aromatic heterocycles. The monoisotopic (exact) mass is 557 g/mol. The number of hydrogen-bond acceptors (Lipinski definition) is 5. The van der Waals surface area contributed by atoms with Gasteiger partial charge in [0.15, 0.2) is 0 Å². The minimum atomic E-state index is -4.61. The van der Waals surface area contributed by atoms with Crippen molar-refractivity contribution in [2.45, 2.75) is 70.0 Å². The lowest BCUT2D eigenvalue weighted by molar-refractivity contribution is 0.130. The zero-order valence-corrected chi connectivity index (χ0v) is 25.0. The molecule has 0 saturated heterocycles. The van der Waals surface area contributed by atoms with Crippen LogP contribution in [0.3, 0.4) is 0 Å². The number of rotatable bonds is 7. The van der Waals surface area contributed by atoms with E-state index in [0.29, 0.717) is 11.5 Å². The first-order chi connectivity index (χ1) is 18.6. The molecule has 40 heavy (non-hydrogen) atoms. The summed E-state index contributed by atoms with van der Waals surface area (Å²) < 4.78 is 48.0. The molecule has 0 bridgehead atoms. The lowest BCUT2D eigenvalue weighted by Gasteiger charge is -2.38. The van der Waals surface area contributed by atoms with Crippen LogP contribution in [0.15, 0.2) is 102 Å². The highest BCUT2D eigenvalue weighted by Gasteiger charge is 2.39. The maximum atomic E-state index is 11.8. The van der Waals surface area contributed by atoms with Crippen LogP contribution in [0, 0.1) is 6.92 Å². The fraction of sp³-hybridized carbons (Fsp3) is 0.294. The molecule has 0 spiro atoms. The SMILES string of the molecule is Cc1cccc(C(c2ccc(S(=O)(=O)[O-])cc2)(c2cccc(OC(C)(C)C)c2)c2cccc(OC(C)(C)C)c2)c1. The van der Waals surface area contributed by atoms with Gasteiger partial charge in [-0.05, 0) is 107 Å². The molecule has 210 valence electrons. The van der Waals surface area contributed by atoms with E-state index in [1.165, 1.54) is 12.1 Å². The van der Waals surface area contributed by atoms with Crippen molar-refractivity contribution in [3.05, 3.63) is 125 Å².